The van der Waals surface area contributed by atoms with Gasteiger partial charge in [0.15, 0.2) is 5.96 Å². The third-order valence-corrected chi connectivity index (χ3v) is 6.67. The zero-order valence-electron chi connectivity index (χ0n) is 18.1. The molecule has 0 spiro atoms. The summed E-state index contributed by atoms with van der Waals surface area (Å²) in [6, 6.07) is 12.4. The first-order chi connectivity index (χ1) is 14.6. The lowest BCUT2D eigenvalue weighted by molar-refractivity contribution is 0.0963. The Morgan fingerprint density at radius 3 is 2.70 bits per heavy atom. The van der Waals surface area contributed by atoms with Gasteiger partial charge in [-0.3, -0.25) is 14.7 Å². The van der Waals surface area contributed by atoms with E-state index in [1.807, 2.05) is 35.6 Å². The first-order valence-corrected chi connectivity index (χ1v) is 11.5. The molecule has 1 fully saturated rings. The molecular weight excluding hydrogens is 394 g/mol. The van der Waals surface area contributed by atoms with Crippen LogP contribution in [0, 0.1) is 5.92 Å². The van der Waals surface area contributed by atoms with Gasteiger partial charge in [-0.25, -0.2) is 0 Å². The van der Waals surface area contributed by atoms with Crippen molar-refractivity contribution in [2.45, 2.75) is 32.4 Å². The van der Waals surface area contributed by atoms with E-state index in [9.17, 15) is 4.79 Å². The standard InChI is InChI=1S/C23H33N5OS/c1-17-9-11-28(12-10-17)20(21-8-5-13-30-21)16-27-23(25-3)26-15-18-6-4-7-19(14-18)22(29)24-2/h4-8,13-14,17,20H,9-12,15-16H2,1-3H3,(H,24,29)(H2,25,26,27). The Hall–Kier alpha value is -2.38. The van der Waals surface area contributed by atoms with Gasteiger partial charge in [0.1, 0.15) is 0 Å². The fraction of sp³-hybridized carbons (Fsp3) is 0.478. The molecule has 30 heavy (non-hydrogen) atoms. The molecule has 1 aliphatic rings. The molecule has 7 heteroatoms. The maximum atomic E-state index is 11.8. The van der Waals surface area contributed by atoms with Gasteiger partial charge in [-0.2, -0.15) is 0 Å². The first kappa shape index (κ1) is 22.3. The number of nitrogens with one attached hydrogen (secondary N) is 3. The molecule has 2 aromatic rings. The molecule has 0 aliphatic carbocycles. The molecule has 0 bridgehead atoms. The predicted octanol–water partition coefficient (Wildman–Crippen LogP) is 3.25. The largest absolute Gasteiger partial charge is 0.355 e. The van der Waals surface area contributed by atoms with Crippen molar-refractivity contribution in [3.8, 4) is 0 Å². The van der Waals surface area contributed by atoms with Crippen molar-refractivity contribution in [2.75, 3.05) is 33.7 Å². The Labute approximate surface area is 183 Å². The molecule has 2 heterocycles. The maximum absolute atomic E-state index is 11.8. The number of nitrogens with zero attached hydrogens (tertiary/aromatic N) is 2. The molecule has 1 aliphatic heterocycles. The van der Waals surface area contributed by atoms with Crippen LogP contribution in [0.15, 0.2) is 46.8 Å². The summed E-state index contributed by atoms with van der Waals surface area (Å²) < 4.78 is 0. The van der Waals surface area contributed by atoms with Gasteiger partial charge < -0.3 is 16.0 Å². The van der Waals surface area contributed by atoms with Crippen LogP contribution in [0.4, 0.5) is 0 Å². The number of hydrogen-bond acceptors (Lipinski definition) is 4. The minimum Gasteiger partial charge on any atom is -0.355 e. The molecule has 0 saturated carbocycles. The summed E-state index contributed by atoms with van der Waals surface area (Å²) in [5.74, 6) is 1.51. The number of carbonyl (C=O) groups excluding carboxylic acids is 1. The lowest BCUT2D eigenvalue weighted by atomic mass is 9.97. The Kier molecular flexibility index (Phi) is 8.28. The second-order valence-corrected chi connectivity index (χ2v) is 8.82. The molecule has 3 N–H and O–H groups in total. The van der Waals surface area contributed by atoms with Gasteiger partial charge in [0, 0.05) is 37.6 Å². The zero-order valence-corrected chi connectivity index (χ0v) is 19.0. The minimum absolute atomic E-state index is 0.0750. The monoisotopic (exact) mass is 427 g/mol. The summed E-state index contributed by atoms with van der Waals surface area (Å²) >= 11 is 1.82. The number of rotatable bonds is 7. The van der Waals surface area contributed by atoms with E-state index in [4.69, 9.17) is 0 Å². The van der Waals surface area contributed by atoms with Gasteiger partial charge in [0.05, 0.1) is 6.04 Å². The van der Waals surface area contributed by atoms with Crippen LogP contribution in [0.2, 0.25) is 0 Å². The van der Waals surface area contributed by atoms with Crippen LogP contribution in [-0.2, 0) is 6.54 Å². The third kappa shape index (κ3) is 6.06. The normalized spacial score (nSPS) is 16.8. The van der Waals surface area contributed by atoms with Crippen LogP contribution in [0.3, 0.4) is 0 Å². The number of piperidine rings is 1. The number of likely N-dealkylation sites (tertiary alicyclic amines) is 1. The summed E-state index contributed by atoms with van der Waals surface area (Å²) in [7, 11) is 3.44. The summed E-state index contributed by atoms with van der Waals surface area (Å²) in [4.78, 5) is 20.2. The number of benzene rings is 1. The second-order valence-electron chi connectivity index (χ2n) is 7.84. The van der Waals surface area contributed by atoms with E-state index >= 15 is 0 Å². The van der Waals surface area contributed by atoms with Crippen molar-refractivity contribution in [2.24, 2.45) is 10.9 Å². The SMILES string of the molecule is CN=C(NCc1cccc(C(=O)NC)c1)NCC(c1cccs1)N1CCC(C)CC1. The Morgan fingerprint density at radius 2 is 2.03 bits per heavy atom. The van der Waals surface area contributed by atoms with Crippen molar-refractivity contribution < 1.29 is 4.79 Å². The van der Waals surface area contributed by atoms with Crippen LogP contribution < -0.4 is 16.0 Å². The molecule has 1 amide bonds. The summed E-state index contributed by atoms with van der Waals surface area (Å²) in [6.07, 6.45) is 2.52. The highest BCUT2D eigenvalue weighted by molar-refractivity contribution is 7.10. The number of guanidine groups is 1. The molecule has 1 aromatic carbocycles. The molecule has 162 valence electrons. The van der Waals surface area contributed by atoms with Gasteiger partial charge in [0.25, 0.3) is 5.91 Å². The highest BCUT2D eigenvalue weighted by Crippen LogP contribution is 2.29. The minimum atomic E-state index is -0.0750. The highest BCUT2D eigenvalue weighted by atomic mass is 32.1. The zero-order chi connectivity index (χ0) is 21.3. The van der Waals surface area contributed by atoms with E-state index in [0.29, 0.717) is 18.2 Å². The number of aliphatic imine (C=N–C) groups is 1. The van der Waals surface area contributed by atoms with Gasteiger partial charge in [-0.1, -0.05) is 25.1 Å². The Bertz CT molecular complexity index is 828. The van der Waals surface area contributed by atoms with Crippen LogP contribution in [-0.4, -0.2) is 50.5 Å². The van der Waals surface area contributed by atoms with E-state index in [-0.39, 0.29) is 5.91 Å². The Balaban J connectivity index is 1.58. The summed E-state index contributed by atoms with van der Waals surface area (Å²) in [6.45, 7) is 6.05. The van der Waals surface area contributed by atoms with Gasteiger partial charge >= 0.3 is 0 Å². The van der Waals surface area contributed by atoms with Crippen LogP contribution in [0.5, 0.6) is 0 Å². The predicted molar refractivity (Wildman–Crippen MR) is 125 cm³/mol. The molecule has 1 unspecified atom stereocenters. The van der Waals surface area contributed by atoms with Gasteiger partial charge in [0.2, 0.25) is 0 Å². The van der Waals surface area contributed by atoms with E-state index in [1.165, 1.54) is 17.7 Å². The number of hydrogen-bond donors (Lipinski definition) is 3. The number of thiophene rings is 1. The van der Waals surface area contributed by atoms with Crippen molar-refractivity contribution >= 4 is 23.2 Å². The topological polar surface area (TPSA) is 68.8 Å². The van der Waals surface area contributed by atoms with Crippen molar-refractivity contribution in [3.05, 3.63) is 57.8 Å². The van der Waals surface area contributed by atoms with Gasteiger partial charge in [-0.05, 0) is 61.0 Å². The lowest BCUT2D eigenvalue weighted by Crippen LogP contribution is -2.44. The molecule has 1 aromatic heterocycles. The lowest BCUT2D eigenvalue weighted by Gasteiger charge is -2.36. The first-order valence-electron chi connectivity index (χ1n) is 10.6. The maximum Gasteiger partial charge on any atom is 0.251 e. The fourth-order valence-corrected chi connectivity index (χ4v) is 4.66. The molecule has 1 saturated heterocycles. The smallest absolute Gasteiger partial charge is 0.251 e. The molecular formula is C23H33N5OS. The van der Waals surface area contributed by atoms with Crippen LogP contribution in [0.25, 0.3) is 0 Å². The Morgan fingerprint density at radius 1 is 1.23 bits per heavy atom. The molecule has 0 radical (unpaired) electrons. The number of amides is 1. The highest BCUT2D eigenvalue weighted by Gasteiger charge is 2.25. The third-order valence-electron chi connectivity index (χ3n) is 5.69. The molecule has 1 atom stereocenters. The second kappa shape index (κ2) is 11.1. The fourth-order valence-electron chi connectivity index (χ4n) is 3.80. The van der Waals surface area contributed by atoms with E-state index in [2.05, 4.69) is 50.3 Å². The average Bonchev–Trinajstić information content (AvgIpc) is 3.31. The van der Waals surface area contributed by atoms with E-state index in [1.54, 1.807) is 14.1 Å². The van der Waals surface area contributed by atoms with Gasteiger partial charge in [-0.15, -0.1) is 11.3 Å². The summed E-state index contributed by atoms with van der Waals surface area (Å²) in [5.41, 5.74) is 1.70. The summed E-state index contributed by atoms with van der Waals surface area (Å²) in [5, 5.41) is 11.7. The van der Waals surface area contributed by atoms with E-state index in [0.717, 1.165) is 37.1 Å². The van der Waals surface area contributed by atoms with Crippen molar-refractivity contribution in [1.29, 1.82) is 0 Å². The van der Waals surface area contributed by atoms with Crippen LogP contribution >= 0.6 is 11.3 Å². The average molecular weight is 428 g/mol. The van der Waals surface area contributed by atoms with E-state index < -0.39 is 0 Å². The number of carbonyl (C=O) groups is 1. The van der Waals surface area contributed by atoms with Crippen LogP contribution in [0.1, 0.15) is 46.6 Å². The van der Waals surface area contributed by atoms with Crippen molar-refractivity contribution in [3.63, 3.8) is 0 Å². The molecule has 6 nitrogen and oxygen atoms in total. The quantitative estimate of drug-likeness (QED) is 0.469. The molecule has 3 rings (SSSR count). The van der Waals surface area contributed by atoms with Crippen molar-refractivity contribution in [1.82, 2.24) is 20.9 Å².